The maximum atomic E-state index is 11.1. The maximum Gasteiger partial charge on any atom is 0.327 e. The van der Waals surface area contributed by atoms with Crippen molar-refractivity contribution in [2.45, 2.75) is 30.9 Å². The number of carboxylic acids is 1. The van der Waals surface area contributed by atoms with E-state index in [0.717, 1.165) is 0 Å². The number of carbonyl (C=O) groups is 3. The predicted molar refractivity (Wildman–Crippen MR) is 55.9 cm³/mol. The molecule has 0 heterocycles. The van der Waals surface area contributed by atoms with Gasteiger partial charge in [0.25, 0.3) is 0 Å². The van der Waals surface area contributed by atoms with Crippen LogP contribution in [-0.2, 0) is 19.1 Å². The Morgan fingerprint density at radius 1 is 1.40 bits per heavy atom. The third-order valence-corrected chi connectivity index (χ3v) is 2.81. The fraction of sp³-hybridized carbons (Fsp3) is 0.667. The molecule has 0 spiro atoms. The third kappa shape index (κ3) is 3.91. The number of carboxylic acid groups (broad SMARTS) is 1. The highest BCUT2D eigenvalue weighted by atomic mass is 32.1. The monoisotopic (exact) mass is 234 g/mol. The van der Waals surface area contributed by atoms with Crippen LogP contribution in [0.3, 0.4) is 0 Å². The van der Waals surface area contributed by atoms with E-state index >= 15 is 0 Å². The van der Waals surface area contributed by atoms with Gasteiger partial charge in [-0.1, -0.05) is 0 Å². The Balaban J connectivity index is 4.27. The van der Waals surface area contributed by atoms with Gasteiger partial charge in [0, 0.05) is 6.42 Å². The predicted octanol–water partition coefficient (Wildman–Crippen LogP) is 0.672. The summed E-state index contributed by atoms with van der Waals surface area (Å²) >= 11 is 3.84. The molecule has 86 valence electrons. The van der Waals surface area contributed by atoms with Crippen LogP contribution in [0.15, 0.2) is 0 Å². The molecular formula is C9H14O5S. The Morgan fingerprint density at radius 3 is 2.27 bits per heavy atom. The Kier molecular flexibility index (Phi) is 5.35. The molecule has 0 aromatic heterocycles. The van der Waals surface area contributed by atoms with Crippen molar-refractivity contribution in [3.8, 4) is 0 Å². The molecule has 0 amide bonds. The SMILES string of the molecule is COC(=O)CCCC(S)(C(C)=O)C(=O)O. The van der Waals surface area contributed by atoms with Crippen molar-refractivity contribution < 1.29 is 24.2 Å². The van der Waals surface area contributed by atoms with Crippen molar-refractivity contribution in [3.05, 3.63) is 0 Å². The lowest BCUT2D eigenvalue weighted by Crippen LogP contribution is -2.39. The van der Waals surface area contributed by atoms with Gasteiger partial charge in [0.2, 0.25) is 0 Å². The van der Waals surface area contributed by atoms with Gasteiger partial charge in [0.05, 0.1) is 7.11 Å². The van der Waals surface area contributed by atoms with Crippen LogP contribution in [0.1, 0.15) is 26.2 Å². The Morgan fingerprint density at radius 2 is 1.93 bits per heavy atom. The van der Waals surface area contributed by atoms with Gasteiger partial charge < -0.3 is 9.84 Å². The van der Waals surface area contributed by atoms with Crippen LogP contribution in [0.25, 0.3) is 0 Å². The zero-order valence-corrected chi connectivity index (χ0v) is 9.54. The van der Waals surface area contributed by atoms with Crippen LogP contribution in [0.5, 0.6) is 0 Å². The maximum absolute atomic E-state index is 11.1. The molecule has 0 aliphatic heterocycles. The van der Waals surface area contributed by atoms with E-state index in [1.807, 2.05) is 0 Å². The summed E-state index contributed by atoms with van der Waals surface area (Å²) in [6, 6.07) is 0. The van der Waals surface area contributed by atoms with E-state index in [2.05, 4.69) is 17.4 Å². The number of ketones is 1. The lowest BCUT2D eigenvalue weighted by atomic mass is 9.97. The summed E-state index contributed by atoms with van der Waals surface area (Å²) in [6.45, 7) is 1.17. The number of ether oxygens (including phenoxy) is 1. The van der Waals surface area contributed by atoms with E-state index in [4.69, 9.17) is 5.11 Å². The third-order valence-electron chi connectivity index (χ3n) is 2.08. The number of esters is 1. The summed E-state index contributed by atoms with van der Waals surface area (Å²) < 4.78 is 2.69. The first-order valence-corrected chi connectivity index (χ1v) is 4.83. The van der Waals surface area contributed by atoms with Crippen LogP contribution >= 0.6 is 12.6 Å². The Bertz CT molecular complexity index is 260. The van der Waals surface area contributed by atoms with Crippen molar-refractivity contribution in [1.82, 2.24) is 0 Å². The molecule has 0 fully saturated rings. The van der Waals surface area contributed by atoms with E-state index < -0.39 is 22.5 Å². The van der Waals surface area contributed by atoms with Crippen LogP contribution in [0.4, 0.5) is 0 Å². The number of rotatable bonds is 6. The second kappa shape index (κ2) is 5.75. The van der Waals surface area contributed by atoms with Crippen LogP contribution in [0, 0.1) is 0 Å². The molecule has 1 unspecified atom stereocenters. The first-order valence-electron chi connectivity index (χ1n) is 4.38. The molecule has 0 aliphatic carbocycles. The molecule has 0 rings (SSSR count). The first kappa shape index (κ1) is 14.0. The lowest BCUT2D eigenvalue weighted by molar-refractivity contribution is -0.145. The van der Waals surface area contributed by atoms with E-state index in [1.165, 1.54) is 14.0 Å². The molecule has 1 atom stereocenters. The lowest BCUT2D eigenvalue weighted by Gasteiger charge is -2.19. The summed E-state index contributed by atoms with van der Waals surface area (Å²) in [5.74, 6) is -2.26. The van der Waals surface area contributed by atoms with Crippen LogP contribution in [0.2, 0.25) is 0 Å². The van der Waals surface area contributed by atoms with Gasteiger partial charge in [-0.3, -0.25) is 14.4 Å². The number of Topliss-reactive ketones (excluding diaryl/α,β-unsaturated/α-hetero) is 1. The van der Waals surface area contributed by atoms with E-state index in [-0.39, 0.29) is 19.3 Å². The normalized spacial score (nSPS) is 14.1. The van der Waals surface area contributed by atoms with Crippen molar-refractivity contribution >= 4 is 30.4 Å². The molecule has 0 aromatic carbocycles. The molecule has 1 N–H and O–H groups in total. The summed E-state index contributed by atoms with van der Waals surface area (Å²) in [4.78, 5) is 32.6. The fourth-order valence-corrected chi connectivity index (χ4v) is 1.18. The Hall–Kier alpha value is -1.04. The standard InChI is InChI=1S/C9H14O5S/c1-6(10)9(15,8(12)13)5-3-4-7(11)14-2/h15H,3-5H2,1-2H3,(H,12,13). The van der Waals surface area contributed by atoms with Gasteiger partial charge in [-0.05, 0) is 19.8 Å². The van der Waals surface area contributed by atoms with Gasteiger partial charge in [-0.2, -0.15) is 12.6 Å². The van der Waals surface area contributed by atoms with E-state index in [0.29, 0.717) is 0 Å². The average Bonchev–Trinajstić information content (AvgIpc) is 2.16. The molecule has 0 saturated carbocycles. The van der Waals surface area contributed by atoms with Crippen LogP contribution in [-0.4, -0.2) is 34.7 Å². The van der Waals surface area contributed by atoms with Gasteiger partial charge in [-0.15, -0.1) is 0 Å². The minimum absolute atomic E-state index is 0.00980. The second-order valence-corrected chi connectivity index (χ2v) is 3.91. The number of aliphatic carboxylic acids is 1. The summed E-state index contributed by atoms with van der Waals surface area (Å²) in [6.07, 6.45) is 0.345. The first-order chi connectivity index (χ1) is 6.84. The molecule has 0 radical (unpaired) electrons. The Labute approximate surface area is 93.2 Å². The minimum Gasteiger partial charge on any atom is -0.480 e. The molecular weight excluding hydrogens is 220 g/mol. The highest BCUT2D eigenvalue weighted by Gasteiger charge is 2.39. The summed E-state index contributed by atoms with van der Waals surface area (Å²) in [5.41, 5.74) is 0. The fourth-order valence-electron chi connectivity index (χ4n) is 1.02. The van der Waals surface area contributed by atoms with Gasteiger partial charge in [-0.25, -0.2) is 0 Å². The zero-order chi connectivity index (χ0) is 12.1. The quantitative estimate of drug-likeness (QED) is 0.401. The van der Waals surface area contributed by atoms with E-state index in [1.54, 1.807) is 0 Å². The molecule has 0 saturated heterocycles. The molecule has 6 heteroatoms. The molecule has 5 nitrogen and oxygen atoms in total. The van der Waals surface area contributed by atoms with Crippen molar-refractivity contribution in [1.29, 1.82) is 0 Å². The second-order valence-electron chi connectivity index (χ2n) is 3.15. The number of hydrogen-bond donors (Lipinski definition) is 2. The summed E-state index contributed by atoms with van der Waals surface area (Å²) in [5, 5.41) is 8.81. The number of thiol groups is 1. The average molecular weight is 234 g/mol. The molecule has 0 bridgehead atoms. The molecule has 15 heavy (non-hydrogen) atoms. The van der Waals surface area contributed by atoms with Gasteiger partial charge in [0.1, 0.15) is 0 Å². The smallest absolute Gasteiger partial charge is 0.327 e. The topological polar surface area (TPSA) is 80.7 Å². The summed E-state index contributed by atoms with van der Waals surface area (Å²) in [7, 11) is 1.25. The number of carbonyl (C=O) groups excluding carboxylic acids is 2. The van der Waals surface area contributed by atoms with Gasteiger partial charge >= 0.3 is 11.9 Å². The van der Waals surface area contributed by atoms with Crippen LogP contribution < -0.4 is 0 Å². The zero-order valence-electron chi connectivity index (χ0n) is 8.65. The van der Waals surface area contributed by atoms with Crippen molar-refractivity contribution in [3.63, 3.8) is 0 Å². The number of hydrogen-bond acceptors (Lipinski definition) is 5. The minimum atomic E-state index is -1.70. The van der Waals surface area contributed by atoms with Crippen molar-refractivity contribution in [2.24, 2.45) is 0 Å². The largest absolute Gasteiger partial charge is 0.480 e. The highest BCUT2D eigenvalue weighted by molar-refractivity contribution is 7.83. The highest BCUT2D eigenvalue weighted by Crippen LogP contribution is 2.23. The molecule has 0 aromatic rings. The van der Waals surface area contributed by atoms with Crippen molar-refractivity contribution in [2.75, 3.05) is 7.11 Å². The van der Waals surface area contributed by atoms with E-state index in [9.17, 15) is 14.4 Å². The number of methoxy groups -OCH3 is 1. The van der Waals surface area contributed by atoms with Gasteiger partial charge in [0.15, 0.2) is 10.5 Å². The molecule has 0 aliphatic rings.